The zero-order chi connectivity index (χ0) is 12.7. The summed E-state index contributed by atoms with van der Waals surface area (Å²) in [6.07, 6.45) is 2.56. The van der Waals surface area contributed by atoms with Gasteiger partial charge in [0.2, 0.25) is 0 Å². The number of ether oxygens (including phenoxy) is 1. The lowest BCUT2D eigenvalue weighted by molar-refractivity contribution is 0.0808. The van der Waals surface area contributed by atoms with Crippen molar-refractivity contribution in [1.29, 1.82) is 0 Å². The molecule has 3 rings (SSSR count). The van der Waals surface area contributed by atoms with Gasteiger partial charge in [0.1, 0.15) is 5.75 Å². The predicted molar refractivity (Wildman–Crippen MR) is 66.7 cm³/mol. The largest absolute Gasteiger partial charge is 0.508 e. The van der Waals surface area contributed by atoms with Gasteiger partial charge >= 0.3 is 6.09 Å². The van der Waals surface area contributed by atoms with Gasteiger partial charge in [-0.05, 0) is 48.4 Å². The van der Waals surface area contributed by atoms with Crippen molar-refractivity contribution >= 4 is 6.09 Å². The number of piperidine rings is 1. The summed E-state index contributed by atoms with van der Waals surface area (Å²) in [7, 11) is 1.43. The van der Waals surface area contributed by atoms with E-state index in [1.165, 1.54) is 18.2 Å². The molecule has 0 spiro atoms. The highest BCUT2D eigenvalue weighted by molar-refractivity contribution is 5.68. The number of phenolic OH excluding ortho intramolecular Hbond substituents is 1. The molecule has 1 amide bonds. The Bertz CT molecular complexity index is 486. The van der Waals surface area contributed by atoms with Crippen LogP contribution in [0.15, 0.2) is 18.2 Å². The number of aromatic hydroxyl groups is 1. The lowest BCUT2D eigenvalue weighted by Crippen LogP contribution is -2.48. The van der Waals surface area contributed by atoms with Gasteiger partial charge < -0.3 is 14.7 Å². The first kappa shape index (κ1) is 11.4. The maximum atomic E-state index is 11.7. The number of likely N-dealkylation sites (tertiary alicyclic amines) is 1. The van der Waals surface area contributed by atoms with Crippen LogP contribution in [0, 0.1) is 0 Å². The monoisotopic (exact) mass is 247 g/mol. The first-order chi connectivity index (χ1) is 8.69. The summed E-state index contributed by atoms with van der Waals surface area (Å²) < 4.78 is 4.84. The Morgan fingerprint density at radius 2 is 2.33 bits per heavy atom. The molecule has 1 aromatic rings. The van der Waals surface area contributed by atoms with E-state index < -0.39 is 0 Å². The van der Waals surface area contributed by atoms with Gasteiger partial charge in [-0.25, -0.2) is 4.79 Å². The van der Waals surface area contributed by atoms with Crippen molar-refractivity contribution in [2.75, 3.05) is 13.7 Å². The van der Waals surface area contributed by atoms with Crippen molar-refractivity contribution in [1.82, 2.24) is 4.90 Å². The molecule has 1 saturated heterocycles. The standard InChI is InChI=1S/C14H17NO3/c1-18-14(17)15-5-4-10-7-11(15)6-9-2-3-12(16)8-13(9)10/h2-3,8,10-11,16H,4-7H2,1H3. The van der Waals surface area contributed by atoms with E-state index in [9.17, 15) is 9.90 Å². The van der Waals surface area contributed by atoms with Gasteiger partial charge in [-0.3, -0.25) is 0 Å². The molecule has 4 nitrogen and oxygen atoms in total. The average molecular weight is 247 g/mol. The topological polar surface area (TPSA) is 49.8 Å². The fourth-order valence-electron chi connectivity index (χ4n) is 3.29. The molecule has 96 valence electrons. The zero-order valence-corrected chi connectivity index (χ0v) is 10.4. The molecule has 2 bridgehead atoms. The molecule has 0 saturated carbocycles. The highest BCUT2D eigenvalue weighted by atomic mass is 16.5. The number of fused-ring (bicyclic) bond motifs is 4. The number of carbonyl (C=O) groups excluding carboxylic acids is 1. The molecule has 2 aliphatic rings. The molecule has 0 aromatic heterocycles. The minimum absolute atomic E-state index is 0.222. The average Bonchev–Trinajstić information content (AvgIpc) is 2.39. The van der Waals surface area contributed by atoms with Gasteiger partial charge in [0.05, 0.1) is 7.11 Å². The third-order valence-corrected chi connectivity index (χ3v) is 4.15. The fraction of sp³-hybridized carbons (Fsp3) is 0.500. The van der Waals surface area contributed by atoms with Crippen molar-refractivity contribution < 1.29 is 14.6 Å². The van der Waals surface area contributed by atoms with E-state index >= 15 is 0 Å². The Hall–Kier alpha value is -1.71. The van der Waals surface area contributed by atoms with Gasteiger partial charge in [-0.1, -0.05) is 6.07 Å². The van der Waals surface area contributed by atoms with Gasteiger partial charge in [0.25, 0.3) is 0 Å². The number of benzene rings is 1. The number of phenols is 1. The van der Waals surface area contributed by atoms with Crippen molar-refractivity contribution in [3.63, 3.8) is 0 Å². The van der Waals surface area contributed by atoms with Crippen molar-refractivity contribution in [3.8, 4) is 5.75 Å². The molecule has 1 aliphatic heterocycles. The summed E-state index contributed by atoms with van der Waals surface area (Å²) in [5.41, 5.74) is 2.51. The van der Waals surface area contributed by atoms with Gasteiger partial charge in [0.15, 0.2) is 0 Å². The number of amides is 1. The van der Waals surface area contributed by atoms with Crippen molar-refractivity contribution in [3.05, 3.63) is 29.3 Å². The van der Waals surface area contributed by atoms with Crippen LogP contribution in [0.1, 0.15) is 29.9 Å². The minimum Gasteiger partial charge on any atom is -0.508 e. The predicted octanol–water partition coefficient (Wildman–Crippen LogP) is 2.26. The number of hydrogen-bond donors (Lipinski definition) is 1. The van der Waals surface area contributed by atoms with Crippen LogP contribution in [0.3, 0.4) is 0 Å². The Morgan fingerprint density at radius 1 is 1.50 bits per heavy atom. The molecule has 1 aliphatic carbocycles. The number of hydrogen-bond acceptors (Lipinski definition) is 3. The van der Waals surface area contributed by atoms with Crippen LogP contribution in [-0.2, 0) is 11.2 Å². The SMILES string of the molecule is COC(=O)N1CCC2CC1Cc1ccc(O)cc12. The maximum Gasteiger partial charge on any atom is 0.409 e. The quantitative estimate of drug-likeness (QED) is 0.765. The molecule has 2 atom stereocenters. The lowest BCUT2D eigenvalue weighted by atomic mass is 9.75. The van der Waals surface area contributed by atoms with E-state index in [4.69, 9.17) is 4.74 Å². The van der Waals surface area contributed by atoms with Gasteiger partial charge in [-0.15, -0.1) is 0 Å². The Labute approximate surface area is 106 Å². The Kier molecular flexibility index (Phi) is 2.65. The van der Waals surface area contributed by atoms with Crippen LogP contribution < -0.4 is 0 Å². The van der Waals surface area contributed by atoms with Gasteiger partial charge in [-0.2, -0.15) is 0 Å². The molecular formula is C14H17NO3. The number of nitrogens with zero attached hydrogens (tertiary/aromatic N) is 1. The molecule has 1 heterocycles. The second-order valence-corrected chi connectivity index (χ2v) is 5.13. The summed E-state index contributed by atoms with van der Waals surface area (Å²) in [5.74, 6) is 0.800. The number of methoxy groups -OCH3 is 1. The molecular weight excluding hydrogens is 230 g/mol. The summed E-state index contributed by atoms with van der Waals surface area (Å²) in [4.78, 5) is 13.5. The van der Waals surface area contributed by atoms with Crippen LogP contribution in [0.25, 0.3) is 0 Å². The highest BCUT2D eigenvalue weighted by Gasteiger charge is 2.37. The van der Waals surface area contributed by atoms with Crippen LogP contribution in [0.2, 0.25) is 0 Å². The van der Waals surface area contributed by atoms with Crippen molar-refractivity contribution in [2.45, 2.75) is 31.2 Å². The zero-order valence-electron chi connectivity index (χ0n) is 10.4. The minimum atomic E-state index is -0.222. The van der Waals surface area contributed by atoms with Crippen LogP contribution in [0.5, 0.6) is 5.75 Å². The molecule has 0 radical (unpaired) electrons. The highest BCUT2D eigenvalue weighted by Crippen LogP contribution is 2.41. The number of rotatable bonds is 0. The normalized spacial score (nSPS) is 25.5. The van der Waals surface area contributed by atoms with Gasteiger partial charge in [0, 0.05) is 12.6 Å². The van der Waals surface area contributed by atoms with E-state index in [0.717, 1.165) is 25.8 Å². The summed E-state index contributed by atoms with van der Waals surface area (Å²) in [6.45, 7) is 0.747. The van der Waals surface area contributed by atoms with E-state index in [1.54, 1.807) is 6.07 Å². The van der Waals surface area contributed by atoms with E-state index in [-0.39, 0.29) is 12.1 Å². The second kappa shape index (κ2) is 4.19. The summed E-state index contributed by atoms with van der Waals surface area (Å²) in [6, 6.07) is 5.82. The third-order valence-electron chi connectivity index (χ3n) is 4.15. The number of carbonyl (C=O) groups is 1. The second-order valence-electron chi connectivity index (χ2n) is 5.13. The van der Waals surface area contributed by atoms with Crippen LogP contribution in [-0.4, -0.2) is 35.8 Å². The van der Waals surface area contributed by atoms with E-state index in [2.05, 4.69) is 0 Å². The Balaban J connectivity index is 1.91. The molecule has 4 heteroatoms. The molecule has 2 unspecified atom stereocenters. The molecule has 1 fully saturated rings. The summed E-state index contributed by atoms with van der Waals surface area (Å²) >= 11 is 0. The molecule has 1 N–H and O–H groups in total. The maximum absolute atomic E-state index is 11.7. The van der Waals surface area contributed by atoms with E-state index in [1.807, 2.05) is 17.0 Å². The van der Waals surface area contributed by atoms with Crippen LogP contribution >= 0.6 is 0 Å². The first-order valence-corrected chi connectivity index (χ1v) is 6.35. The molecule has 1 aromatic carbocycles. The fourth-order valence-corrected chi connectivity index (χ4v) is 3.29. The molecule has 18 heavy (non-hydrogen) atoms. The smallest absolute Gasteiger partial charge is 0.409 e. The van der Waals surface area contributed by atoms with Crippen LogP contribution in [0.4, 0.5) is 4.79 Å². The third kappa shape index (κ3) is 1.72. The lowest BCUT2D eigenvalue weighted by Gasteiger charge is -2.43. The first-order valence-electron chi connectivity index (χ1n) is 6.35. The van der Waals surface area contributed by atoms with E-state index in [0.29, 0.717) is 11.7 Å². The Morgan fingerprint density at radius 3 is 3.11 bits per heavy atom. The summed E-state index contributed by atoms with van der Waals surface area (Å²) in [5, 5.41) is 9.58. The van der Waals surface area contributed by atoms with Crippen molar-refractivity contribution in [2.24, 2.45) is 0 Å².